The van der Waals surface area contributed by atoms with Crippen LogP contribution in [0.25, 0.3) is 0 Å². The lowest BCUT2D eigenvalue weighted by Gasteiger charge is -2.38. The molecule has 2 aromatic rings. The van der Waals surface area contributed by atoms with Crippen molar-refractivity contribution in [2.45, 2.75) is 18.4 Å². The zero-order chi connectivity index (χ0) is 14.4. The van der Waals surface area contributed by atoms with E-state index in [1.165, 1.54) is 17.7 Å². The van der Waals surface area contributed by atoms with Crippen molar-refractivity contribution in [3.05, 3.63) is 76.6 Å². The van der Waals surface area contributed by atoms with Gasteiger partial charge in [0.15, 0.2) is 0 Å². The Kier molecular flexibility index (Phi) is 3.00. The second-order valence-electron chi connectivity index (χ2n) is 5.73. The molecule has 0 saturated carbocycles. The van der Waals surface area contributed by atoms with Gasteiger partial charge in [0.2, 0.25) is 0 Å². The molecule has 1 nitrogen and oxygen atoms in total. The molecule has 0 bridgehead atoms. The van der Waals surface area contributed by atoms with Gasteiger partial charge in [0.1, 0.15) is 5.82 Å². The minimum Gasteiger partial charge on any atom is -0.376 e. The Morgan fingerprint density at radius 2 is 1.90 bits per heavy atom. The Balaban J connectivity index is 1.81. The number of hydrogen-bond acceptors (Lipinski definition) is 1. The molecular weight excluding hydrogens is 285 g/mol. The third-order valence-corrected chi connectivity index (χ3v) is 4.89. The van der Waals surface area contributed by atoms with E-state index in [1.807, 2.05) is 24.3 Å². The highest BCUT2D eigenvalue weighted by Gasteiger charge is 2.38. The first-order valence-electron chi connectivity index (χ1n) is 7.21. The molecule has 0 unspecified atom stereocenters. The van der Waals surface area contributed by atoms with Crippen LogP contribution in [-0.4, -0.2) is 0 Å². The molecule has 106 valence electrons. The predicted molar refractivity (Wildman–Crippen MR) is 84.2 cm³/mol. The lowest BCUT2D eigenvalue weighted by Crippen LogP contribution is -2.29. The van der Waals surface area contributed by atoms with Gasteiger partial charge in [-0.2, -0.15) is 0 Å². The highest BCUT2D eigenvalue weighted by Crippen LogP contribution is 2.51. The van der Waals surface area contributed by atoms with Crippen LogP contribution in [0, 0.1) is 11.7 Å². The average molecular weight is 300 g/mol. The molecule has 21 heavy (non-hydrogen) atoms. The van der Waals surface area contributed by atoms with Gasteiger partial charge in [0.05, 0.1) is 16.8 Å². The number of hydrogen-bond donors (Lipinski definition) is 1. The van der Waals surface area contributed by atoms with Crippen molar-refractivity contribution in [2.24, 2.45) is 5.92 Å². The van der Waals surface area contributed by atoms with Crippen LogP contribution in [0.1, 0.15) is 29.5 Å². The molecule has 2 aliphatic rings. The largest absolute Gasteiger partial charge is 0.376 e. The molecule has 0 amide bonds. The maximum Gasteiger partial charge on any atom is 0.123 e. The van der Waals surface area contributed by atoms with Gasteiger partial charge in [-0.25, -0.2) is 4.39 Å². The number of para-hydroxylation sites is 1. The SMILES string of the molecule is Fc1ccc([C@@H]2Nc3c(Cl)cccc3[C@@H]3C=CC[C@@H]32)cc1. The Morgan fingerprint density at radius 3 is 2.71 bits per heavy atom. The van der Waals surface area contributed by atoms with Crippen LogP contribution >= 0.6 is 11.6 Å². The van der Waals surface area contributed by atoms with E-state index in [-0.39, 0.29) is 11.9 Å². The minimum absolute atomic E-state index is 0.165. The number of anilines is 1. The van der Waals surface area contributed by atoms with Crippen LogP contribution < -0.4 is 5.32 Å². The normalized spacial score (nSPS) is 26.1. The van der Waals surface area contributed by atoms with Gasteiger partial charge in [-0.1, -0.05) is 48.0 Å². The second-order valence-corrected chi connectivity index (χ2v) is 6.14. The molecule has 3 heteroatoms. The molecular formula is C18H15ClFN. The fourth-order valence-electron chi connectivity index (χ4n) is 3.58. The molecule has 2 aromatic carbocycles. The third-order valence-electron chi connectivity index (χ3n) is 4.58. The molecule has 3 atom stereocenters. The fourth-order valence-corrected chi connectivity index (χ4v) is 3.82. The van der Waals surface area contributed by atoms with Crippen molar-refractivity contribution in [1.29, 1.82) is 0 Å². The van der Waals surface area contributed by atoms with E-state index in [4.69, 9.17) is 11.6 Å². The van der Waals surface area contributed by atoms with Crippen LogP contribution in [0.4, 0.5) is 10.1 Å². The van der Waals surface area contributed by atoms with E-state index in [9.17, 15) is 4.39 Å². The van der Waals surface area contributed by atoms with E-state index >= 15 is 0 Å². The summed E-state index contributed by atoms with van der Waals surface area (Å²) in [6.45, 7) is 0. The summed E-state index contributed by atoms with van der Waals surface area (Å²) in [5.74, 6) is 0.644. The van der Waals surface area contributed by atoms with Crippen molar-refractivity contribution < 1.29 is 4.39 Å². The Bertz CT molecular complexity index is 708. The first-order chi connectivity index (χ1) is 10.2. The zero-order valence-corrected chi connectivity index (χ0v) is 12.1. The van der Waals surface area contributed by atoms with Crippen molar-refractivity contribution in [3.63, 3.8) is 0 Å². The summed E-state index contributed by atoms with van der Waals surface area (Å²) in [5.41, 5.74) is 3.39. The average Bonchev–Trinajstić information content (AvgIpc) is 2.98. The standard InChI is InChI=1S/C18H15ClFN/c19-16-6-2-5-15-13-3-1-4-14(13)17(21-18(15)16)11-7-9-12(20)10-8-11/h1-3,5-10,13-14,17,21H,4H2/t13-,14+,17+/m1/s1. The van der Waals surface area contributed by atoms with Crippen LogP contribution in [0.3, 0.4) is 0 Å². The van der Waals surface area contributed by atoms with Crippen molar-refractivity contribution in [3.8, 4) is 0 Å². The lowest BCUT2D eigenvalue weighted by molar-refractivity contribution is 0.425. The molecule has 0 radical (unpaired) electrons. The maximum atomic E-state index is 13.2. The lowest BCUT2D eigenvalue weighted by atomic mass is 9.77. The predicted octanol–water partition coefficient (Wildman–Crippen LogP) is 5.31. The smallest absolute Gasteiger partial charge is 0.123 e. The fraction of sp³-hybridized carbons (Fsp3) is 0.222. The molecule has 0 saturated heterocycles. The maximum absolute atomic E-state index is 13.2. The Morgan fingerprint density at radius 1 is 1.10 bits per heavy atom. The van der Waals surface area contributed by atoms with Gasteiger partial charge >= 0.3 is 0 Å². The summed E-state index contributed by atoms with van der Waals surface area (Å²) >= 11 is 6.36. The van der Waals surface area contributed by atoms with Crippen LogP contribution in [-0.2, 0) is 0 Å². The first-order valence-corrected chi connectivity index (χ1v) is 7.59. The van der Waals surface area contributed by atoms with Gasteiger partial charge in [-0.3, -0.25) is 0 Å². The van der Waals surface area contributed by atoms with Crippen molar-refractivity contribution in [1.82, 2.24) is 0 Å². The van der Waals surface area contributed by atoms with Crippen LogP contribution in [0.5, 0.6) is 0 Å². The number of halogens is 2. The molecule has 1 aliphatic carbocycles. The number of rotatable bonds is 1. The molecule has 0 fully saturated rings. The van der Waals surface area contributed by atoms with Gasteiger partial charge in [0.25, 0.3) is 0 Å². The van der Waals surface area contributed by atoms with Crippen LogP contribution in [0.15, 0.2) is 54.6 Å². The van der Waals surface area contributed by atoms with Gasteiger partial charge in [-0.15, -0.1) is 0 Å². The monoisotopic (exact) mass is 299 g/mol. The molecule has 0 spiro atoms. The summed E-state index contributed by atoms with van der Waals surface area (Å²) in [4.78, 5) is 0. The van der Waals surface area contributed by atoms with Gasteiger partial charge < -0.3 is 5.32 Å². The topological polar surface area (TPSA) is 12.0 Å². The second kappa shape index (κ2) is 4.88. The Labute approximate surface area is 128 Å². The van der Waals surface area contributed by atoms with Crippen molar-refractivity contribution in [2.75, 3.05) is 5.32 Å². The van der Waals surface area contributed by atoms with E-state index in [0.717, 1.165) is 22.7 Å². The number of nitrogens with one attached hydrogen (secondary N) is 1. The highest BCUT2D eigenvalue weighted by molar-refractivity contribution is 6.33. The molecule has 1 aliphatic heterocycles. The molecule has 1 heterocycles. The van der Waals surface area contributed by atoms with E-state index in [2.05, 4.69) is 23.5 Å². The minimum atomic E-state index is -0.200. The molecule has 0 aromatic heterocycles. The van der Waals surface area contributed by atoms with E-state index in [1.54, 1.807) is 0 Å². The summed E-state index contributed by atoms with van der Waals surface area (Å²) in [6, 6.07) is 13.0. The zero-order valence-electron chi connectivity index (χ0n) is 11.4. The van der Waals surface area contributed by atoms with E-state index in [0.29, 0.717) is 11.8 Å². The highest BCUT2D eigenvalue weighted by atomic mass is 35.5. The molecule has 1 N–H and O–H groups in total. The summed E-state index contributed by atoms with van der Waals surface area (Å²) in [5, 5.41) is 4.33. The summed E-state index contributed by atoms with van der Waals surface area (Å²) in [6.07, 6.45) is 5.55. The number of benzene rings is 2. The van der Waals surface area contributed by atoms with Gasteiger partial charge in [-0.05, 0) is 41.7 Å². The third kappa shape index (κ3) is 2.06. The summed E-state index contributed by atoms with van der Waals surface area (Å²) < 4.78 is 13.2. The van der Waals surface area contributed by atoms with E-state index < -0.39 is 0 Å². The Hall–Kier alpha value is -1.80. The number of allylic oxidation sites excluding steroid dienone is 2. The quantitative estimate of drug-likeness (QED) is 0.704. The van der Waals surface area contributed by atoms with Crippen molar-refractivity contribution >= 4 is 17.3 Å². The number of fused-ring (bicyclic) bond motifs is 3. The molecule has 4 rings (SSSR count). The van der Waals surface area contributed by atoms with Crippen LogP contribution in [0.2, 0.25) is 5.02 Å². The summed E-state index contributed by atoms with van der Waals surface area (Å²) in [7, 11) is 0. The van der Waals surface area contributed by atoms with Gasteiger partial charge in [0, 0.05) is 5.92 Å². The first kappa shape index (κ1) is 12.9.